The minimum Gasteiger partial charge on any atom is -0.299 e. The van der Waals surface area contributed by atoms with E-state index in [-0.39, 0.29) is 11.3 Å². The van der Waals surface area contributed by atoms with E-state index >= 15 is 0 Å². The molecule has 1 nitrogen and oxygen atoms in total. The highest BCUT2D eigenvalue weighted by atomic mass is 16.1. The Morgan fingerprint density at radius 2 is 2.29 bits per heavy atom. The Labute approximate surface area is 86.9 Å². The highest BCUT2D eigenvalue weighted by molar-refractivity contribution is 5.83. The van der Waals surface area contributed by atoms with Crippen molar-refractivity contribution in [3.05, 3.63) is 24.8 Å². The molecule has 0 heterocycles. The molecule has 14 heavy (non-hydrogen) atoms. The summed E-state index contributed by atoms with van der Waals surface area (Å²) >= 11 is 0. The van der Waals surface area contributed by atoms with Crippen LogP contribution >= 0.6 is 0 Å². The van der Waals surface area contributed by atoms with Gasteiger partial charge in [0.05, 0.1) is 0 Å². The van der Waals surface area contributed by atoms with Crippen molar-refractivity contribution in [2.24, 2.45) is 17.3 Å². The largest absolute Gasteiger partial charge is 0.299 e. The number of ketones is 1. The maximum atomic E-state index is 11.9. The lowest BCUT2D eigenvalue weighted by Crippen LogP contribution is -2.36. The number of Topliss-reactive ketones (excluding diaryl/α,β-unsaturated/α-hetero) is 1. The minimum absolute atomic E-state index is 0.0117. The van der Waals surface area contributed by atoms with Crippen LogP contribution < -0.4 is 0 Å². The molecule has 2 unspecified atom stereocenters. The van der Waals surface area contributed by atoms with Crippen molar-refractivity contribution in [3.63, 3.8) is 0 Å². The molecule has 78 valence electrons. The quantitative estimate of drug-likeness (QED) is 0.626. The Morgan fingerprint density at radius 1 is 1.64 bits per heavy atom. The molecule has 1 rings (SSSR count). The molecule has 0 aromatic rings. The van der Waals surface area contributed by atoms with Crippen molar-refractivity contribution in [2.75, 3.05) is 0 Å². The lowest BCUT2D eigenvalue weighted by molar-refractivity contribution is -0.126. The van der Waals surface area contributed by atoms with Crippen LogP contribution in [0.1, 0.15) is 33.6 Å². The highest BCUT2D eigenvalue weighted by Gasteiger charge is 2.37. The van der Waals surface area contributed by atoms with E-state index in [9.17, 15) is 4.79 Å². The lowest BCUT2D eigenvalue weighted by Gasteiger charge is -2.37. The Balaban J connectivity index is 2.87. The van der Waals surface area contributed by atoms with Crippen molar-refractivity contribution in [1.82, 2.24) is 0 Å². The molecule has 1 heteroatoms. The fourth-order valence-electron chi connectivity index (χ4n) is 2.56. The predicted octanol–water partition coefficient (Wildman–Crippen LogP) is 3.37. The molecule has 2 atom stereocenters. The van der Waals surface area contributed by atoms with Crippen molar-refractivity contribution < 1.29 is 4.79 Å². The molecule has 0 spiro atoms. The van der Waals surface area contributed by atoms with Gasteiger partial charge in [0, 0.05) is 12.3 Å². The summed E-state index contributed by atoms with van der Waals surface area (Å²) in [6.45, 7) is 10.1. The minimum atomic E-state index is 0.0117. The third kappa shape index (κ3) is 2.14. The van der Waals surface area contributed by atoms with Crippen LogP contribution in [-0.4, -0.2) is 5.78 Å². The van der Waals surface area contributed by atoms with E-state index in [0.717, 1.165) is 6.42 Å². The Hall–Kier alpha value is -0.850. The van der Waals surface area contributed by atoms with E-state index in [2.05, 4.69) is 39.5 Å². The second-order valence-corrected chi connectivity index (χ2v) is 4.87. The van der Waals surface area contributed by atoms with Crippen molar-refractivity contribution in [2.45, 2.75) is 33.6 Å². The van der Waals surface area contributed by atoms with Gasteiger partial charge in [0.2, 0.25) is 0 Å². The molecular weight excluding hydrogens is 172 g/mol. The summed E-state index contributed by atoms with van der Waals surface area (Å²) in [4.78, 5) is 11.9. The molecule has 1 aliphatic rings. The number of allylic oxidation sites excluding steroid dienone is 3. The van der Waals surface area contributed by atoms with Gasteiger partial charge in [0.15, 0.2) is 0 Å². The van der Waals surface area contributed by atoms with Gasteiger partial charge in [-0.25, -0.2) is 0 Å². The Kier molecular flexibility index (Phi) is 3.30. The molecule has 0 bridgehead atoms. The summed E-state index contributed by atoms with van der Waals surface area (Å²) in [7, 11) is 0. The second-order valence-electron chi connectivity index (χ2n) is 4.87. The monoisotopic (exact) mass is 192 g/mol. The van der Waals surface area contributed by atoms with Gasteiger partial charge in [-0.15, -0.1) is 6.58 Å². The average Bonchev–Trinajstić information content (AvgIpc) is 2.02. The van der Waals surface area contributed by atoms with Crippen molar-refractivity contribution in [3.8, 4) is 0 Å². The average molecular weight is 192 g/mol. The zero-order valence-electron chi connectivity index (χ0n) is 9.42. The summed E-state index contributed by atoms with van der Waals surface area (Å²) in [6.07, 6.45) is 7.62. The van der Waals surface area contributed by atoms with Gasteiger partial charge in [-0.2, -0.15) is 0 Å². The first-order chi connectivity index (χ1) is 6.49. The molecule has 0 saturated carbocycles. The number of hydrogen-bond donors (Lipinski definition) is 0. The van der Waals surface area contributed by atoms with Crippen LogP contribution in [-0.2, 0) is 4.79 Å². The van der Waals surface area contributed by atoms with Gasteiger partial charge < -0.3 is 0 Å². The topological polar surface area (TPSA) is 17.1 Å². The molecule has 0 N–H and O–H groups in total. The fraction of sp³-hybridized carbons (Fsp3) is 0.615. The summed E-state index contributed by atoms with van der Waals surface area (Å²) < 4.78 is 0. The number of carbonyl (C=O) groups is 1. The van der Waals surface area contributed by atoms with Crippen molar-refractivity contribution >= 4 is 5.78 Å². The van der Waals surface area contributed by atoms with Gasteiger partial charge in [0.25, 0.3) is 0 Å². The Morgan fingerprint density at radius 3 is 2.79 bits per heavy atom. The number of hydrogen-bond acceptors (Lipinski definition) is 1. The molecule has 0 aromatic heterocycles. The first-order valence-corrected chi connectivity index (χ1v) is 5.30. The maximum absolute atomic E-state index is 11.9. The van der Waals surface area contributed by atoms with E-state index in [1.54, 1.807) is 6.08 Å². The molecule has 0 radical (unpaired) electrons. The van der Waals surface area contributed by atoms with E-state index in [1.807, 2.05) is 0 Å². The van der Waals surface area contributed by atoms with E-state index in [1.165, 1.54) is 0 Å². The zero-order valence-corrected chi connectivity index (χ0v) is 9.42. The summed E-state index contributed by atoms with van der Waals surface area (Å²) in [5.74, 6) is 0.954. The number of carbonyl (C=O) groups excluding carboxylic acids is 1. The Bertz CT molecular complexity index is 260. The van der Waals surface area contributed by atoms with Crippen LogP contribution in [0.2, 0.25) is 0 Å². The molecule has 0 saturated heterocycles. The van der Waals surface area contributed by atoms with Gasteiger partial charge in [-0.05, 0) is 17.8 Å². The molecule has 0 aliphatic heterocycles. The van der Waals surface area contributed by atoms with Gasteiger partial charge in [-0.3, -0.25) is 4.79 Å². The van der Waals surface area contributed by atoms with E-state index < -0.39 is 0 Å². The van der Waals surface area contributed by atoms with Crippen LogP contribution in [0, 0.1) is 17.3 Å². The predicted molar refractivity (Wildman–Crippen MR) is 60.0 cm³/mol. The molecular formula is C13H20O. The highest BCUT2D eigenvalue weighted by Crippen LogP contribution is 2.40. The first kappa shape index (κ1) is 11.2. The normalized spacial score (nSPS) is 29.9. The van der Waals surface area contributed by atoms with Crippen LogP contribution in [0.4, 0.5) is 0 Å². The third-order valence-corrected chi connectivity index (χ3v) is 3.12. The zero-order chi connectivity index (χ0) is 10.8. The van der Waals surface area contributed by atoms with Crippen molar-refractivity contribution in [1.29, 1.82) is 0 Å². The first-order valence-electron chi connectivity index (χ1n) is 5.30. The van der Waals surface area contributed by atoms with Gasteiger partial charge >= 0.3 is 0 Å². The maximum Gasteiger partial charge on any atom is 0.140 e. The third-order valence-electron chi connectivity index (χ3n) is 3.12. The van der Waals surface area contributed by atoms with Crippen LogP contribution in [0.3, 0.4) is 0 Å². The van der Waals surface area contributed by atoms with E-state index in [0.29, 0.717) is 18.1 Å². The van der Waals surface area contributed by atoms with Gasteiger partial charge in [-0.1, -0.05) is 39.0 Å². The van der Waals surface area contributed by atoms with Gasteiger partial charge in [0.1, 0.15) is 5.78 Å². The van der Waals surface area contributed by atoms with Crippen LogP contribution in [0.15, 0.2) is 24.8 Å². The summed E-state index contributed by atoms with van der Waals surface area (Å²) in [6, 6.07) is 0. The van der Waals surface area contributed by atoms with Crippen LogP contribution in [0.5, 0.6) is 0 Å². The SMILES string of the molecule is C=CCC(=O)C1C(C)CC=CC1(C)C. The lowest BCUT2D eigenvalue weighted by atomic mass is 9.65. The van der Waals surface area contributed by atoms with Crippen LogP contribution in [0.25, 0.3) is 0 Å². The molecule has 1 aliphatic carbocycles. The fourth-order valence-corrected chi connectivity index (χ4v) is 2.56. The molecule has 0 fully saturated rings. The van der Waals surface area contributed by atoms with E-state index in [4.69, 9.17) is 0 Å². The number of rotatable bonds is 3. The summed E-state index contributed by atoms with van der Waals surface area (Å²) in [5, 5.41) is 0. The smallest absolute Gasteiger partial charge is 0.140 e. The summed E-state index contributed by atoms with van der Waals surface area (Å²) in [5.41, 5.74) is 0.0117. The molecule has 0 amide bonds. The second kappa shape index (κ2) is 4.12. The molecule has 0 aromatic carbocycles. The standard InChI is InChI=1S/C13H20O/c1-5-7-11(14)12-10(2)8-6-9-13(12,3)4/h5-6,9-10,12H,1,7-8H2,2-4H3.